The van der Waals surface area contributed by atoms with Crippen molar-refractivity contribution < 1.29 is 43.4 Å². The average molecular weight is 461 g/mol. The number of nitro groups is 2. The number of nitrogens with zero attached hydrogens (tertiary/aromatic N) is 2. The molecular formula is C18H27N3O11. The minimum Gasteiger partial charge on any atom is -0.480 e. The summed E-state index contributed by atoms with van der Waals surface area (Å²) in [5.41, 5.74) is -0.552. The molecule has 0 saturated heterocycles. The van der Waals surface area contributed by atoms with E-state index in [-0.39, 0.29) is 50.0 Å². The van der Waals surface area contributed by atoms with Crippen LogP contribution in [-0.4, -0.2) is 93.5 Å². The lowest BCUT2D eigenvalue weighted by Gasteiger charge is -2.09. The molecule has 0 spiro atoms. The molecule has 0 aromatic heterocycles. The third-order valence-corrected chi connectivity index (χ3v) is 3.66. The van der Waals surface area contributed by atoms with Gasteiger partial charge in [0.15, 0.2) is 0 Å². The van der Waals surface area contributed by atoms with Gasteiger partial charge in [-0.25, -0.2) is 4.79 Å². The normalized spacial score (nSPS) is 10.8. The van der Waals surface area contributed by atoms with Gasteiger partial charge < -0.3 is 34.1 Å². The van der Waals surface area contributed by atoms with E-state index in [1.807, 2.05) is 0 Å². The van der Waals surface area contributed by atoms with Crippen LogP contribution < -0.4 is 5.32 Å². The molecule has 0 unspecified atom stereocenters. The number of aliphatic carboxylic acids is 1. The lowest BCUT2D eigenvalue weighted by atomic mass is 10.2. The maximum Gasteiger partial charge on any atom is 0.329 e. The van der Waals surface area contributed by atoms with Gasteiger partial charge in [-0.15, -0.1) is 0 Å². The molecule has 180 valence electrons. The van der Waals surface area contributed by atoms with Gasteiger partial charge in [-0.05, 0) is 6.07 Å². The smallest absolute Gasteiger partial charge is 0.329 e. The van der Waals surface area contributed by atoms with E-state index in [9.17, 15) is 25.0 Å². The number of carboxylic acid groups (broad SMARTS) is 1. The summed E-state index contributed by atoms with van der Waals surface area (Å²) in [4.78, 5) is 30.6. The number of carbonyl (C=O) groups is 1. The molecule has 1 aromatic rings. The van der Waals surface area contributed by atoms with E-state index < -0.39 is 15.8 Å². The molecule has 0 fully saturated rings. The summed E-state index contributed by atoms with van der Waals surface area (Å²) in [6.45, 7) is 2.85. The van der Waals surface area contributed by atoms with Crippen molar-refractivity contribution in [2.24, 2.45) is 0 Å². The zero-order valence-electron chi connectivity index (χ0n) is 17.4. The predicted molar refractivity (Wildman–Crippen MR) is 110 cm³/mol. The molecule has 14 nitrogen and oxygen atoms in total. The van der Waals surface area contributed by atoms with Crippen molar-refractivity contribution in [3.8, 4) is 0 Å². The monoisotopic (exact) mass is 461 g/mol. The van der Waals surface area contributed by atoms with Gasteiger partial charge >= 0.3 is 5.97 Å². The van der Waals surface area contributed by atoms with E-state index in [1.165, 1.54) is 12.1 Å². The van der Waals surface area contributed by atoms with Gasteiger partial charge in [0, 0.05) is 12.6 Å². The first-order valence-electron chi connectivity index (χ1n) is 9.69. The molecule has 0 aliphatic rings. The van der Waals surface area contributed by atoms with Gasteiger partial charge in [0.2, 0.25) is 0 Å². The van der Waals surface area contributed by atoms with Crippen LogP contribution in [0.2, 0.25) is 0 Å². The lowest BCUT2D eigenvalue weighted by molar-refractivity contribution is -0.393. The SMILES string of the molecule is O=C(O)COCCOCCOCCOCCOCCNc1ccc([N+](=O)[O-])cc1[N+](=O)[O-]. The Bertz CT molecular complexity index is 717. The highest BCUT2D eigenvalue weighted by molar-refractivity contribution is 5.68. The number of anilines is 1. The molecule has 0 aliphatic carbocycles. The fourth-order valence-electron chi connectivity index (χ4n) is 2.23. The molecule has 0 radical (unpaired) electrons. The number of hydrogen-bond donors (Lipinski definition) is 2. The van der Waals surface area contributed by atoms with Gasteiger partial charge in [0.05, 0.1) is 75.4 Å². The summed E-state index contributed by atoms with van der Waals surface area (Å²) < 4.78 is 26.0. The molecule has 0 saturated carbocycles. The first-order valence-corrected chi connectivity index (χ1v) is 9.69. The van der Waals surface area contributed by atoms with E-state index in [2.05, 4.69) is 5.32 Å². The number of nitro benzene ring substituents is 2. The minimum absolute atomic E-state index is 0.175. The highest BCUT2D eigenvalue weighted by Gasteiger charge is 2.18. The van der Waals surface area contributed by atoms with Gasteiger partial charge in [0.25, 0.3) is 11.4 Å². The van der Waals surface area contributed by atoms with Crippen LogP contribution in [0.1, 0.15) is 0 Å². The van der Waals surface area contributed by atoms with E-state index in [0.717, 1.165) is 6.07 Å². The van der Waals surface area contributed by atoms with Crippen molar-refractivity contribution in [3.63, 3.8) is 0 Å². The van der Waals surface area contributed by atoms with E-state index in [0.29, 0.717) is 39.6 Å². The van der Waals surface area contributed by atoms with Crippen LogP contribution in [0.25, 0.3) is 0 Å². The zero-order valence-corrected chi connectivity index (χ0v) is 17.4. The molecule has 1 aromatic carbocycles. The van der Waals surface area contributed by atoms with Crippen LogP contribution >= 0.6 is 0 Å². The Labute approximate surface area is 183 Å². The molecule has 0 aliphatic heterocycles. The number of nitrogens with one attached hydrogen (secondary N) is 1. The van der Waals surface area contributed by atoms with E-state index >= 15 is 0 Å². The topological polar surface area (TPSA) is 182 Å². The Morgan fingerprint density at radius 2 is 1.31 bits per heavy atom. The van der Waals surface area contributed by atoms with Crippen LogP contribution in [0.15, 0.2) is 18.2 Å². The quantitative estimate of drug-likeness (QED) is 0.160. The molecule has 0 heterocycles. The summed E-state index contributed by atoms with van der Waals surface area (Å²) in [6.07, 6.45) is 0. The largest absolute Gasteiger partial charge is 0.480 e. The van der Waals surface area contributed by atoms with Gasteiger partial charge in [-0.1, -0.05) is 0 Å². The van der Waals surface area contributed by atoms with Gasteiger partial charge in [-0.3, -0.25) is 20.2 Å². The Balaban J connectivity index is 1.96. The highest BCUT2D eigenvalue weighted by atomic mass is 16.6. The van der Waals surface area contributed by atoms with Crippen LogP contribution in [0, 0.1) is 20.2 Å². The summed E-state index contributed by atoms with van der Waals surface area (Å²) in [6, 6.07) is 3.38. The van der Waals surface area contributed by atoms with Crippen molar-refractivity contribution >= 4 is 23.0 Å². The lowest BCUT2D eigenvalue weighted by Crippen LogP contribution is -2.15. The fourth-order valence-corrected chi connectivity index (χ4v) is 2.23. The molecule has 2 N–H and O–H groups in total. The Hall–Kier alpha value is -2.91. The predicted octanol–water partition coefficient (Wildman–Crippen LogP) is 1.08. The second-order valence-corrected chi connectivity index (χ2v) is 6.04. The molecule has 0 amide bonds. The Morgan fingerprint density at radius 1 is 0.812 bits per heavy atom. The van der Waals surface area contributed by atoms with Crippen LogP contribution in [0.4, 0.5) is 17.1 Å². The summed E-state index contributed by atoms with van der Waals surface area (Å²) in [5.74, 6) is -1.02. The molecule has 1 rings (SSSR count). The van der Waals surface area contributed by atoms with Crippen molar-refractivity contribution in [2.45, 2.75) is 0 Å². The molecule has 0 atom stereocenters. The Kier molecular flexibility index (Phi) is 14.2. The molecular weight excluding hydrogens is 434 g/mol. The second-order valence-electron chi connectivity index (χ2n) is 6.04. The average Bonchev–Trinajstić information content (AvgIpc) is 2.75. The van der Waals surface area contributed by atoms with E-state index in [1.54, 1.807) is 0 Å². The summed E-state index contributed by atoms with van der Waals surface area (Å²) in [7, 11) is 0. The minimum atomic E-state index is -1.02. The molecule has 0 bridgehead atoms. The van der Waals surface area contributed by atoms with Crippen LogP contribution in [0.3, 0.4) is 0 Å². The fraction of sp³-hybridized carbons (Fsp3) is 0.611. The van der Waals surface area contributed by atoms with Crippen LogP contribution in [0.5, 0.6) is 0 Å². The number of carboxylic acids is 1. The number of rotatable bonds is 20. The first-order chi connectivity index (χ1) is 15.4. The molecule has 14 heteroatoms. The third kappa shape index (κ3) is 12.7. The molecule has 32 heavy (non-hydrogen) atoms. The van der Waals surface area contributed by atoms with Crippen LogP contribution in [-0.2, 0) is 28.5 Å². The zero-order chi connectivity index (χ0) is 23.6. The second kappa shape index (κ2) is 16.7. The maximum atomic E-state index is 11.0. The summed E-state index contributed by atoms with van der Waals surface area (Å²) in [5, 5.41) is 33.0. The van der Waals surface area contributed by atoms with Gasteiger partial charge in [0.1, 0.15) is 12.3 Å². The standard InChI is InChI=1S/C18H27N3O11/c22-18(23)14-32-12-11-31-10-9-30-8-7-29-6-5-28-4-3-19-16-2-1-15(20(24)25)13-17(16)21(26)27/h1-2,13,19H,3-12,14H2,(H,22,23). The van der Waals surface area contributed by atoms with Crippen molar-refractivity contribution in [2.75, 3.05) is 77.9 Å². The number of non-ortho nitro benzene ring substituents is 1. The highest BCUT2D eigenvalue weighted by Crippen LogP contribution is 2.28. The van der Waals surface area contributed by atoms with Crippen molar-refractivity contribution in [1.29, 1.82) is 0 Å². The number of hydrogen-bond acceptors (Lipinski definition) is 11. The van der Waals surface area contributed by atoms with Gasteiger partial charge in [-0.2, -0.15) is 0 Å². The number of benzene rings is 1. The van der Waals surface area contributed by atoms with E-state index in [4.69, 9.17) is 28.8 Å². The number of ether oxygens (including phenoxy) is 5. The Morgan fingerprint density at radius 3 is 1.78 bits per heavy atom. The first kappa shape index (κ1) is 27.1. The third-order valence-electron chi connectivity index (χ3n) is 3.66. The summed E-state index contributed by atoms with van der Waals surface area (Å²) >= 11 is 0. The van der Waals surface area contributed by atoms with Crippen molar-refractivity contribution in [3.05, 3.63) is 38.4 Å². The van der Waals surface area contributed by atoms with Crippen molar-refractivity contribution in [1.82, 2.24) is 0 Å². The maximum absolute atomic E-state index is 11.0.